The van der Waals surface area contributed by atoms with E-state index in [9.17, 15) is 4.79 Å². The number of benzene rings is 1. The number of halogens is 2. The number of ether oxygens (including phenoxy) is 1. The molecule has 98 valence electrons. The fourth-order valence-corrected chi connectivity index (χ4v) is 3.28. The van der Waals surface area contributed by atoms with Gasteiger partial charge in [-0.15, -0.1) is 0 Å². The lowest BCUT2D eigenvalue weighted by Gasteiger charge is -2.25. The van der Waals surface area contributed by atoms with Crippen LogP contribution in [0.5, 0.6) is 0 Å². The Hall–Kier alpha value is -0.380. The van der Waals surface area contributed by atoms with Gasteiger partial charge in [0.15, 0.2) is 5.78 Å². The van der Waals surface area contributed by atoms with Crippen molar-refractivity contribution in [1.82, 2.24) is 0 Å². The smallest absolute Gasteiger partial charge is 0.169 e. The first-order valence-electron chi connectivity index (χ1n) is 6.10. The van der Waals surface area contributed by atoms with Gasteiger partial charge < -0.3 is 4.74 Å². The number of hydrogen-bond acceptors (Lipinski definition) is 2. The topological polar surface area (TPSA) is 26.3 Å². The maximum Gasteiger partial charge on any atom is 0.169 e. The number of rotatable bonds is 4. The minimum absolute atomic E-state index is 0.145. The van der Waals surface area contributed by atoms with Crippen molar-refractivity contribution in [3.63, 3.8) is 0 Å². The SMILES string of the molecule is COC1(C(=O)Cc2ccc(Br)cc2Cl)CCCC1. The van der Waals surface area contributed by atoms with Crippen LogP contribution in [0, 0.1) is 0 Å². The average Bonchev–Trinajstić information content (AvgIpc) is 2.82. The molecule has 1 aromatic carbocycles. The third-order valence-corrected chi connectivity index (χ3v) is 4.52. The molecule has 1 aliphatic carbocycles. The van der Waals surface area contributed by atoms with Crippen molar-refractivity contribution < 1.29 is 9.53 Å². The number of carbonyl (C=O) groups excluding carboxylic acids is 1. The highest BCUT2D eigenvalue weighted by molar-refractivity contribution is 9.10. The maximum atomic E-state index is 12.4. The molecule has 0 unspecified atom stereocenters. The average molecular weight is 332 g/mol. The highest BCUT2D eigenvalue weighted by Crippen LogP contribution is 2.35. The Morgan fingerprint density at radius 1 is 1.44 bits per heavy atom. The number of ketones is 1. The first-order valence-corrected chi connectivity index (χ1v) is 7.27. The zero-order valence-electron chi connectivity index (χ0n) is 10.3. The van der Waals surface area contributed by atoms with E-state index in [1.807, 2.05) is 18.2 Å². The zero-order valence-corrected chi connectivity index (χ0v) is 12.7. The maximum absolute atomic E-state index is 12.4. The van der Waals surface area contributed by atoms with Crippen LogP contribution in [0.3, 0.4) is 0 Å². The Bertz CT molecular complexity index is 453. The van der Waals surface area contributed by atoms with Crippen LogP contribution in [-0.2, 0) is 16.0 Å². The van der Waals surface area contributed by atoms with Gasteiger partial charge in [0.1, 0.15) is 5.60 Å². The van der Waals surface area contributed by atoms with E-state index in [0.717, 1.165) is 35.7 Å². The largest absolute Gasteiger partial charge is 0.370 e. The third kappa shape index (κ3) is 2.79. The van der Waals surface area contributed by atoms with Gasteiger partial charge in [0.05, 0.1) is 0 Å². The van der Waals surface area contributed by atoms with E-state index in [-0.39, 0.29) is 5.78 Å². The van der Waals surface area contributed by atoms with Crippen molar-refractivity contribution in [2.75, 3.05) is 7.11 Å². The second-order valence-electron chi connectivity index (χ2n) is 4.74. The Labute approximate surface area is 121 Å². The van der Waals surface area contributed by atoms with Crippen LogP contribution in [0.4, 0.5) is 0 Å². The highest BCUT2D eigenvalue weighted by Gasteiger charge is 2.40. The summed E-state index contributed by atoms with van der Waals surface area (Å²) < 4.78 is 6.42. The van der Waals surface area contributed by atoms with E-state index in [2.05, 4.69) is 15.9 Å². The van der Waals surface area contributed by atoms with E-state index in [4.69, 9.17) is 16.3 Å². The summed E-state index contributed by atoms with van der Waals surface area (Å²) in [5, 5.41) is 0.627. The summed E-state index contributed by atoms with van der Waals surface area (Å²) in [6.07, 6.45) is 4.13. The Morgan fingerprint density at radius 2 is 2.11 bits per heavy atom. The summed E-state index contributed by atoms with van der Waals surface area (Å²) in [7, 11) is 1.63. The molecule has 0 spiro atoms. The summed E-state index contributed by atoms with van der Waals surface area (Å²) in [4.78, 5) is 12.4. The van der Waals surface area contributed by atoms with E-state index >= 15 is 0 Å². The van der Waals surface area contributed by atoms with Gasteiger partial charge in [0.2, 0.25) is 0 Å². The predicted molar refractivity (Wildman–Crippen MR) is 76.1 cm³/mol. The third-order valence-electron chi connectivity index (χ3n) is 3.68. The summed E-state index contributed by atoms with van der Waals surface area (Å²) in [5.41, 5.74) is 0.296. The molecule has 0 saturated heterocycles. The fourth-order valence-electron chi connectivity index (χ4n) is 2.54. The standard InChI is InChI=1S/C14H16BrClO2/c1-18-14(6-2-3-7-14)13(17)8-10-4-5-11(15)9-12(10)16/h4-5,9H,2-3,6-8H2,1H3. The molecule has 0 amide bonds. The molecule has 0 aliphatic heterocycles. The first-order chi connectivity index (χ1) is 8.57. The molecule has 18 heavy (non-hydrogen) atoms. The summed E-state index contributed by atoms with van der Waals surface area (Å²) in [6.45, 7) is 0. The van der Waals surface area contributed by atoms with Crippen LogP contribution < -0.4 is 0 Å². The molecule has 2 rings (SSSR count). The summed E-state index contributed by atoms with van der Waals surface area (Å²) >= 11 is 9.50. The number of Topliss-reactive ketones (excluding diaryl/α,β-unsaturated/α-hetero) is 1. The van der Waals surface area contributed by atoms with Crippen molar-refractivity contribution in [3.05, 3.63) is 33.3 Å². The lowest BCUT2D eigenvalue weighted by molar-refractivity contribution is -0.139. The molecule has 0 N–H and O–H groups in total. The van der Waals surface area contributed by atoms with Crippen LogP contribution in [-0.4, -0.2) is 18.5 Å². The predicted octanol–water partition coefficient (Wildman–Crippen LogP) is 4.17. The van der Waals surface area contributed by atoms with Crippen molar-refractivity contribution in [2.24, 2.45) is 0 Å². The van der Waals surface area contributed by atoms with Gasteiger partial charge in [0, 0.05) is 23.0 Å². The van der Waals surface area contributed by atoms with Crippen molar-refractivity contribution >= 4 is 33.3 Å². The second-order valence-corrected chi connectivity index (χ2v) is 6.06. The number of methoxy groups -OCH3 is 1. The normalized spacial score (nSPS) is 17.9. The van der Waals surface area contributed by atoms with Crippen LogP contribution in [0.15, 0.2) is 22.7 Å². The van der Waals surface area contributed by atoms with Gasteiger partial charge in [-0.2, -0.15) is 0 Å². The molecule has 1 aliphatic rings. The molecule has 1 saturated carbocycles. The second kappa shape index (κ2) is 5.72. The van der Waals surface area contributed by atoms with Crippen LogP contribution in [0.1, 0.15) is 31.2 Å². The summed E-state index contributed by atoms with van der Waals surface area (Å²) in [5.74, 6) is 0.145. The molecule has 0 heterocycles. The number of hydrogen-bond donors (Lipinski definition) is 0. The molecular weight excluding hydrogens is 316 g/mol. The molecule has 1 aromatic rings. The van der Waals surface area contributed by atoms with Gasteiger partial charge in [-0.05, 0) is 43.4 Å². The molecule has 4 heteroatoms. The fraction of sp³-hybridized carbons (Fsp3) is 0.500. The van der Waals surface area contributed by atoms with Gasteiger partial charge in [-0.3, -0.25) is 4.79 Å². The van der Waals surface area contributed by atoms with Crippen molar-refractivity contribution in [1.29, 1.82) is 0 Å². The Kier molecular flexibility index (Phi) is 4.46. The minimum Gasteiger partial charge on any atom is -0.370 e. The van der Waals surface area contributed by atoms with Gasteiger partial charge in [-0.1, -0.05) is 33.6 Å². The monoisotopic (exact) mass is 330 g/mol. The van der Waals surface area contributed by atoms with Gasteiger partial charge in [-0.25, -0.2) is 0 Å². The van der Waals surface area contributed by atoms with Crippen molar-refractivity contribution in [2.45, 2.75) is 37.7 Å². The first kappa shape index (κ1) is 14.0. The van der Waals surface area contributed by atoms with Crippen LogP contribution in [0.2, 0.25) is 5.02 Å². The zero-order chi connectivity index (χ0) is 13.2. The molecule has 0 bridgehead atoms. The van der Waals surface area contributed by atoms with E-state index in [1.165, 1.54) is 0 Å². The van der Waals surface area contributed by atoms with Crippen LogP contribution >= 0.6 is 27.5 Å². The quantitative estimate of drug-likeness (QED) is 0.827. The highest BCUT2D eigenvalue weighted by atomic mass is 79.9. The minimum atomic E-state index is -0.573. The lowest BCUT2D eigenvalue weighted by atomic mass is 9.91. The lowest BCUT2D eigenvalue weighted by Crippen LogP contribution is -2.38. The summed E-state index contributed by atoms with van der Waals surface area (Å²) in [6, 6.07) is 5.61. The van der Waals surface area contributed by atoms with E-state index in [1.54, 1.807) is 7.11 Å². The molecule has 0 aromatic heterocycles. The molecule has 2 nitrogen and oxygen atoms in total. The molecule has 0 atom stereocenters. The van der Waals surface area contributed by atoms with Crippen LogP contribution in [0.25, 0.3) is 0 Å². The van der Waals surface area contributed by atoms with Gasteiger partial charge in [0.25, 0.3) is 0 Å². The Morgan fingerprint density at radius 3 is 2.67 bits per heavy atom. The van der Waals surface area contributed by atoms with E-state index in [0.29, 0.717) is 11.4 Å². The molecular formula is C14H16BrClO2. The van der Waals surface area contributed by atoms with Gasteiger partial charge >= 0.3 is 0 Å². The Balaban J connectivity index is 2.15. The molecule has 1 fully saturated rings. The van der Waals surface area contributed by atoms with Crippen molar-refractivity contribution in [3.8, 4) is 0 Å². The molecule has 0 radical (unpaired) electrons. The van der Waals surface area contributed by atoms with E-state index < -0.39 is 5.60 Å². The number of carbonyl (C=O) groups is 1.